The van der Waals surface area contributed by atoms with Gasteiger partial charge >= 0.3 is 0 Å². The molecule has 1 aromatic heterocycles. The second kappa shape index (κ2) is 5.27. The number of halogens is 1. The van der Waals surface area contributed by atoms with Gasteiger partial charge in [-0.25, -0.2) is 0 Å². The van der Waals surface area contributed by atoms with Crippen molar-refractivity contribution in [2.45, 2.75) is 0 Å². The standard InChI is InChI=1S/C15H10ClN3O/c16-13-7-8-14(19-18-13)17-15(20)12-6-5-10-3-1-2-4-11(10)9-12/h1-9H,(H,17,19,20). The van der Waals surface area contributed by atoms with Crippen LogP contribution in [0.5, 0.6) is 0 Å². The van der Waals surface area contributed by atoms with Crippen molar-refractivity contribution >= 4 is 34.1 Å². The molecule has 4 nitrogen and oxygen atoms in total. The van der Waals surface area contributed by atoms with E-state index in [-0.39, 0.29) is 11.1 Å². The molecule has 1 heterocycles. The van der Waals surface area contributed by atoms with Crippen molar-refractivity contribution in [1.82, 2.24) is 10.2 Å². The van der Waals surface area contributed by atoms with Gasteiger partial charge in [-0.3, -0.25) is 4.79 Å². The van der Waals surface area contributed by atoms with Crippen LogP contribution in [0.2, 0.25) is 5.15 Å². The highest BCUT2D eigenvalue weighted by atomic mass is 35.5. The summed E-state index contributed by atoms with van der Waals surface area (Å²) in [6, 6.07) is 16.6. The molecule has 3 rings (SSSR count). The van der Waals surface area contributed by atoms with Crippen LogP contribution in [0.15, 0.2) is 54.6 Å². The Morgan fingerprint density at radius 1 is 0.950 bits per heavy atom. The number of aromatic nitrogens is 2. The van der Waals surface area contributed by atoms with Gasteiger partial charge in [0.25, 0.3) is 5.91 Å². The van der Waals surface area contributed by atoms with Gasteiger partial charge in [0.05, 0.1) is 0 Å². The Labute approximate surface area is 120 Å². The average molecular weight is 284 g/mol. The first kappa shape index (κ1) is 12.6. The number of rotatable bonds is 2. The highest BCUT2D eigenvalue weighted by Crippen LogP contribution is 2.16. The summed E-state index contributed by atoms with van der Waals surface area (Å²) in [5.74, 6) is 0.139. The fraction of sp³-hybridized carbons (Fsp3) is 0. The summed E-state index contributed by atoms with van der Waals surface area (Å²) >= 11 is 5.64. The van der Waals surface area contributed by atoms with Crippen LogP contribution in [0, 0.1) is 0 Å². The van der Waals surface area contributed by atoms with Crippen LogP contribution in [0.3, 0.4) is 0 Å². The van der Waals surface area contributed by atoms with E-state index in [4.69, 9.17) is 11.6 Å². The first-order chi connectivity index (χ1) is 9.72. The summed E-state index contributed by atoms with van der Waals surface area (Å²) in [6.07, 6.45) is 0. The maximum atomic E-state index is 12.1. The number of anilines is 1. The average Bonchev–Trinajstić information content (AvgIpc) is 2.49. The first-order valence-electron chi connectivity index (χ1n) is 6.02. The van der Waals surface area contributed by atoms with Crippen LogP contribution in [0.4, 0.5) is 5.82 Å². The van der Waals surface area contributed by atoms with Crippen molar-refractivity contribution in [3.63, 3.8) is 0 Å². The van der Waals surface area contributed by atoms with Crippen molar-refractivity contribution in [1.29, 1.82) is 0 Å². The summed E-state index contributed by atoms with van der Waals surface area (Å²) in [4.78, 5) is 12.1. The van der Waals surface area contributed by atoms with Crippen LogP contribution < -0.4 is 5.32 Å². The molecule has 0 radical (unpaired) electrons. The van der Waals surface area contributed by atoms with E-state index in [2.05, 4.69) is 15.5 Å². The third-order valence-electron chi connectivity index (χ3n) is 2.89. The van der Waals surface area contributed by atoms with Gasteiger partial charge in [0, 0.05) is 5.56 Å². The molecule has 5 heteroatoms. The number of hydrogen-bond acceptors (Lipinski definition) is 3. The highest BCUT2D eigenvalue weighted by Gasteiger charge is 2.07. The molecule has 0 aliphatic heterocycles. The van der Waals surface area contributed by atoms with Crippen molar-refractivity contribution in [2.24, 2.45) is 0 Å². The van der Waals surface area contributed by atoms with Gasteiger partial charge < -0.3 is 5.32 Å². The van der Waals surface area contributed by atoms with Gasteiger partial charge in [0.1, 0.15) is 0 Å². The molecular formula is C15H10ClN3O. The molecule has 0 aliphatic carbocycles. The molecule has 98 valence electrons. The molecule has 0 atom stereocenters. The van der Waals surface area contributed by atoms with Gasteiger partial charge in [-0.2, -0.15) is 0 Å². The molecular weight excluding hydrogens is 274 g/mol. The number of fused-ring (bicyclic) bond motifs is 1. The number of carbonyl (C=O) groups excluding carboxylic acids is 1. The minimum atomic E-state index is -0.229. The summed E-state index contributed by atoms with van der Waals surface area (Å²) in [5, 5.41) is 12.5. The summed E-state index contributed by atoms with van der Waals surface area (Å²) in [6.45, 7) is 0. The lowest BCUT2D eigenvalue weighted by Gasteiger charge is -2.05. The fourth-order valence-corrected chi connectivity index (χ4v) is 2.00. The fourth-order valence-electron chi connectivity index (χ4n) is 1.90. The van der Waals surface area contributed by atoms with Crippen LogP contribution in [-0.4, -0.2) is 16.1 Å². The van der Waals surface area contributed by atoms with Gasteiger partial charge in [-0.1, -0.05) is 41.9 Å². The molecule has 2 aromatic carbocycles. The molecule has 0 bridgehead atoms. The molecule has 0 unspecified atom stereocenters. The topological polar surface area (TPSA) is 54.9 Å². The third-order valence-corrected chi connectivity index (χ3v) is 3.09. The molecule has 0 aliphatic rings. The molecule has 20 heavy (non-hydrogen) atoms. The maximum absolute atomic E-state index is 12.1. The number of carbonyl (C=O) groups is 1. The number of nitrogens with one attached hydrogen (secondary N) is 1. The molecule has 1 amide bonds. The Hall–Kier alpha value is -2.46. The van der Waals surface area contributed by atoms with Gasteiger partial charge in [0.2, 0.25) is 0 Å². The van der Waals surface area contributed by atoms with E-state index in [1.54, 1.807) is 18.2 Å². The van der Waals surface area contributed by atoms with Crippen molar-refractivity contribution in [2.75, 3.05) is 5.32 Å². The van der Waals surface area contributed by atoms with E-state index in [9.17, 15) is 4.79 Å². The predicted molar refractivity (Wildman–Crippen MR) is 78.9 cm³/mol. The minimum absolute atomic E-state index is 0.229. The van der Waals surface area contributed by atoms with E-state index in [1.807, 2.05) is 36.4 Å². The molecule has 1 N–H and O–H groups in total. The Kier molecular flexibility index (Phi) is 3.31. The molecule has 3 aromatic rings. The summed E-state index contributed by atoms with van der Waals surface area (Å²) < 4.78 is 0. The second-order valence-electron chi connectivity index (χ2n) is 4.26. The van der Waals surface area contributed by atoms with Crippen LogP contribution in [-0.2, 0) is 0 Å². The maximum Gasteiger partial charge on any atom is 0.256 e. The van der Waals surface area contributed by atoms with E-state index in [1.165, 1.54) is 0 Å². The largest absolute Gasteiger partial charge is 0.305 e. The van der Waals surface area contributed by atoms with E-state index in [0.29, 0.717) is 11.4 Å². The smallest absolute Gasteiger partial charge is 0.256 e. The monoisotopic (exact) mass is 283 g/mol. The van der Waals surface area contributed by atoms with Gasteiger partial charge in [-0.05, 0) is 35.0 Å². The van der Waals surface area contributed by atoms with Crippen LogP contribution in [0.25, 0.3) is 10.8 Å². The Morgan fingerprint density at radius 3 is 2.50 bits per heavy atom. The van der Waals surface area contributed by atoms with Crippen molar-refractivity contribution < 1.29 is 4.79 Å². The Morgan fingerprint density at radius 2 is 1.75 bits per heavy atom. The summed E-state index contributed by atoms with van der Waals surface area (Å²) in [5.41, 5.74) is 0.570. The zero-order valence-electron chi connectivity index (χ0n) is 10.4. The van der Waals surface area contributed by atoms with Crippen molar-refractivity contribution in [3.8, 4) is 0 Å². The lowest BCUT2D eigenvalue weighted by molar-refractivity contribution is 0.102. The normalized spacial score (nSPS) is 10.4. The minimum Gasteiger partial charge on any atom is -0.305 e. The third kappa shape index (κ3) is 2.60. The van der Waals surface area contributed by atoms with Crippen molar-refractivity contribution in [3.05, 3.63) is 65.3 Å². The predicted octanol–water partition coefficient (Wildman–Crippen LogP) is 3.54. The SMILES string of the molecule is O=C(Nc1ccc(Cl)nn1)c1ccc2ccccc2c1. The van der Waals surface area contributed by atoms with Gasteiger partial charge in [-0.15, -0.1) is 10.2 Å². The van der Waals surface area contributed by atoms with E-state index >= 15 is 0 Å². The zero-order valence-corrected chi connectivity index (χ0v) is 11.1. The van der Waals surface area contributed by atoms with Crippen LogP contribution in [0.1, 0.15) is 10.4 Å². The summed E-state index contributed by atoms with van der Waals surface area (Å²) in [7, 11) is 0. The number of benzene rings is 2. The number of amides is 1. The quantitative estimate of drug-likeness (QED) is 0.783. The first-order valence-corrected chi connectivity index (χ1v) is 6.39. The van der Waals surface area contributed by atoms with Crippen LogP contribution >= 0.6 is 11.6 Å². The molecule has 0 fully saturated rings. The van der Waals surface area contributed by atoms with E-state index in [0.717, 1.165) is 10.8 Å². The molecule has 0 spiro atoms. The Bertz CT molecular complexity index is 771. The lowest BCUT2D eigenvalue weighted by atomic mass is 10.1. The molecule has 0 saturated heterocycles. The lowest BCUT2D eigenvalue weighted by Crippen LogP contribution is -2.13. The Balaban J connectivity index is 1.86. The number of nitrogens with zero attached hydrogens (tertiary/aromatic N) is 2. The number of hydrogen-bond donors (Lipinski definition) is 1. The van der Waals surface area contributed by atoms with E-state index < -0.39 is 0 Å². The zero-order chi connectivity index (χ0) is 13.9. The highest BCUT2D eigenvalue weighted by molar-refractivity contribution is 6.29. The second-order valence-corrected chi connectivity index (χ2v) is 4.64. The van der Waals surface area contributed by atoms with Gasteiger partial charge in [0.15, 0.2) is 11.0 Å². The molecule has 0 saturated carbocycles.